The molecule has 28 heavy (non-hydrogen) atoms. The van der Waals surface area contributed by atoms with Crippen LogP contribution >= 0.6 is 0 Å². The number of amides is 1. The first kappa shape index (κ1) is 19.9. The second kappa shape index (κ2) is 9.37. The Labute approximate surface area is 164 Å². The predicted octanol–water partition coefficient (Wildman–Crippen LogP) is 3.04. The van der Waals surface area contributed by atoms with Crippen LogP contribution in [0, 0.1) is 5.92 Å². The van der Waals surface area contributed by atoms with E-state index in [1.165, 1.54) is 0 Å². The van der Waals surface area contributed by atoms with Gasteiger partial charge in [0.1, 0.15) is 5.75 Å². The Morgan fingerprint density at radius 1 is 1.07 bits per heavy atom. The number of carbonyl (C=O) groups excluding carboxylic acids is 1. The fraction of sp³-hybridized carbons (Fsp3) is 0.364. The van der Waals surface area contributed by atoms with Gasteiger partial charge >= 0.3 is 5.97 Å². The first-order valence-electron chi connectivity index (χ1n) is 9.39. The maximum Gasteiger partial charge on any atom is 0.308 e. The van der Waals surface area contributed by atoms with Gasteiger partial charge in [0.25, 0.3) is 5.91 Å². The van der Waals surface area contributed by atoms with Crippen molar-refractivity contribution in [3.05, 3.63) is 65.7 Å². The summed E-state index contributed by atoms with van der Waals surface area (Å²) in [5.41, 5.74) is 1.45. The van der Waals surface area contributed by atoms with Gasteiger partial charge in [-0.3, -0.25) is 9.59 Å². The molecule has 0 aliphatic carbocycles. The average Bonchev–Trinajstić information content (AvgIpc) is 3.17. The van der Waals surface area contributed by atoms with Crippen LogP contribution in [0.3, 0.4) is 0 Å². The molecule has 1 N–H and O–H groups in total. The van der Waals surface area contributed by atoms with Crippen LogP contribution in [-0.4, -0.2) is 55.3 Å². The predicted molar refractivity (Wildman–Crippen MR) is 105 cm³/mol. The second-order valence-corrected chi connectivity index (χ2v) is 6.89. The van der Waals surface area contributed by atoms with E-state index in [9.17, 15) is 14.7 Å². The minimum atomic E-state index is -0.876. The van der Waals surface area contributed by atoms with Crippen LogP contribution in [0.2, 0.25) is 0 Å². The Hall–Kier alpha value is -2.86. The summed E-state index contributed by atoms with van der Waals surface area (Å²) in [4.78, 5) is 26.4. The number of carbonyl (C=O) groups is 2. The molecule has 2 atom stereocenters. The molecule has 1 aliphatic heterocycles. The molecule has 148 valence electrons. The first-order valence-corrected chi connectivity index (χ1v) is 9.39. The van der Waals surface area contributed by atoms with E-state index in [-0.39, 0.29) is 18.4 Å². The Kier molecular flexibility index (Phi) is 6.66. The summed E-state index contributed by atoms with van der Waals surface area (Å²) in [6.07, 6.45) is 0.764. The quantitative estimate of drug-likeness (QED) is 0.709. The highest BCUT2D eigenvalue weighted by atomic mass is 16.5. The van der Waals surface area contributed by atoms with Crippen LogP contribution in [-0.2, 0) is 9.53 Å². The zero-order valence-corrected chi connectivity index (χ0v) is 15.9. The van der Waals surface area contributed by atoms with E-state index < -0.39 is 11.9 Å². The summed E-state index contributed by atoms with van der Waals surface area (Å²) in [5, 5.41) is 9.63. The lowest BCUT2D eigenvalue weighted by Gasteiger charge is -2.17. The van der Waals surface area contributed by atoms with Gasteiger partial charge in [0.15, 0.2) is 0 Å². The van der Waals surface area contributed by atoms with Gasteiger partial charge < -0.3 is 19.5 Å². The van der Waals surface area contributed by atoms with Crippen molar-refractivity contribution in [3.63, 3.8) is 0 Å². The van der Waals surface area contributed by atoms with Crippen molar-refractivity contribution in [2.75, 3.05) is 33.4 Å². The molecule has 1 aliphatic rings. The molecule has 2 aromatic rings. The number of hydrogen-bond acceptors (Lipinski definition) is 4. The number of carboxylic acids is 1. The molecule has 0 spiro atoms. The maximum absolute atomic E-state index is 13.0. The van der Waals surface area contributed by atoms with Crippen LogP contribution in [0.1, 0.15) is 28.3 Å². The summed E-state index contributed by atoms with van der Waals surface area (Å²) in [7, 11) is 1.64. The molecular formula is C22H25NO5. The van der Waals surface area contributed by atoms with Gasteiger partial charge in [-0.15, -0.1) is 0 Å². The molecule has 3 rings (SSSR count). The molecule has 1 saturated heterocycles. The first-order chi connectivity index (χ1) is 13.6. The molecule has 6 nitrogen and oxygen atoms in total. The molecule has 2 unspecified atom stereocenters. The van der Waals surface area contributed by atoms with Crippen molar-refractivity contribution in [2.45, 2.75) is 12.3 Å². The van der Waals surface area contributed by atoms with E-state index >= 15 is 0 Å². The number of hydrogen-bond donors (Lipinski definition) is 1. The number of likely N-dealkylation sites (tertiary alicyclic amines) is 1. The van der Waals surface area contributed by atoms with E-state index in [2.05, 4.69) is 0 Å². The SMILES string of the molecule is COCCCOc1cccc(C(=O)N2CC(C(=O)O)C(c3ccccc3)C2)c1. The van der Waals surface area contributed by atoms with E-state index in [1.807, 2.05) is 30.3 Å². The molecule has 6 heteroatoms. The summed E-state index contributed by atoms with van der Waals surface area (Å²) in [6, 6.07) is 16.5. The van der Waals surface area contributed by atoms with Gasteiger partial charge in [0.2, 0.25) is 0 Å². The van der Waals surface area contributed by atoms with Crippen molar-refractivity contribution < 1.29 is 24.2 Å². The van der Waals surface area contributed by atoms with Gasteiger partial charge in [0, 0.05) is 44.7 Å². The molecule has 0 radical (unpaired) electrons. The van der Waals surface area contributed by atoms with Crippen molar-refractivity contribution in [1.82, 2.24) is 4.90 Å². The van der Waals surface area contributed by atoms with Crippen molar-refractivity contribution in [3.8, 4) is 5.75 Å². The number of benzene rings is 2. The fourth-order valence-electron chi connectivity index (χ4n) is 3.55. The third kappa shape index (κ3) is 4.70. The summed E-state index contributed by atoms with van der Waals surface area (Å²) in [5.74, 6) is -1.25. The fourth-order valence-corrected chi connectivity index (χ4v) is 3.55. The van der Waals surface area contributed by atoms with Crippen LogP contribution in [0.15, 0.2) is 54.6 Å². The molecule has 2 aromatic carbocycles. The number of carboxylic acid groups (broad SMARTS) is 1. The molecule has 0 aromatic heterocycles. The van der Waals surface area contributed by atoms with Crippen LogP contribution in [0.25, 0.3) is 0 Å². The van der Waals surface area contributed by atoms with Crippen molar-refractivity contribution in [2.24, 2.45) is 5.92 Å². The third-order valence-corrected chi connectivity index (χ3v) is 4.99. The van der Waals surface area contributed by atoms with Crippen molar-refractivity contribution in [1.29, 1.82) is 0 Å². The van der Waals surface area contributed by atoms with Crippen LogP contribution in [0.5, 0.6) is 5.75 Å². The number of methoxy groups -OCH3 is 1. The van der Waals surface area contributed by atoms with E-state index in [0.717, 1.165) is 12.0 Å². The lowest BCUT2D eigenvalue weighted by atomic mass is 9.89. The van der Waals surface area contributed by atoms with Gasteiger partial charge in [-0.05, 0) is 23.8 Å². The highest BCUT2D eigenvalue weighted by Crippen LogP contribution is 2.33. The monoisotopic (exact) mass is 383 g/mol. The Bertz CT molecular complexity index is 808. The zero-order valence-electron chi connectivity index (χ0n) is 15.9. The number of rotatable bonds is 8. The standard InChI is InChI=1S/C22H25NO5/c1-27-11-6-12-28-18-10-5-9-17(13-18)21(24)23-14-19(20(15-23)22(25)26)16-7-3-2-4-8-16/h2-5,7-10,13,19-20H,6,11-12,14-15H2,1H3,(H,25,26). The number of ether oxygens (including phenoxy) is 2. The molecule has 1 fully saturated rings. The highest BCUT2D eigenvalue weighted by Gasteiger charge is 2.40. The minimum Gasteiger partial charge on any atom is -0.493 e. The van der Waals surface area contributed by atoms with Crippen LogP contribution < -0.4 is 4.74 Å². The van der Waals surface area contributed by atoms with Crippen molar-refractivity contribution >= 4 is 11.9 Å². The number of nitrogens with zero attached hydrogens (tertiary/aromatic N) is 1. The summed E-state index contributed by atoms with van der Waals surface area (Å²) in [6.45, 7) is 1.71. The van der Waals surface area contributed by atoms with Crippen LogP contribution in [0.4, 0.5) is 0 Å². The van der Waals surface area contributed by atoms with Gasteiger partial charge in [-0.2, -0.15) is 0 Å². The largest absolute Gasteiger partial charge is 0.493 e. The van der Waals surface area contributed by atoms with E-state index in [0.29, 0.717) is 31.1 Å². The molecular weight excluding hydrogens is 358 g/mol. The normalized spacial score (nSPS) is 18.8. The zero-order chi connectivity index (χ0) is 19.9. The average molecular weight is 383 g/mol. The Balaban J connectivity index is 1.71. The molecule has 1 heterocycles. The maximum atomic E-state index is 13.0. The minimum absolute atomic E-state index is 0.174. The lowest BCUT2D eigenvalue weighted by molar-refractivity contribution is -0.141. The highest BCUT2D eigenvalue weighted by molar-refractivity contribution is 5.95. The lowest BCUT2D eigenvalue weighted by Crippen LogP contribution is -2.29. The Morgan fingerprint density at radius 2 is 1.86 bits per heavy atom. The topological polar surface area (TPSA) is 76.1 Å². The molecule has 1 amide bonds. The van der Waals surface area contributed by atoms with Gasteiger partial charge in [-0.25, -0.2) is 0 Å². The summed E-state index contributed by atoms with van der Waals surface area (Å²) >= 11 is 0. The van der Waals surface area contributed by atoms with E-state index in [4.69, 9.17) is 9.47 Å². The van der Waals surface area contributed by atoms with Gasteiger partial charge in [0.05, 0.1) is 12.5 Å². The Morgan fingerprint density at radius 3 is 2.57 bits per heavy atom. The second-order valence-electron chi connectivity index (χ2n) is 6.89. The number of aliphatic carboxylic acids is 1. The summed E-state index contributed by atoms with van der Waals surface area (Å²) < 4.78 is 10.7. The smallest absolute Gasteiger partial charge is 0.308 e. The van der Waals surface area contributed by atoms with Gasteiger partial charge in [-0.1, -0.05) is 36.4 Å². The third-order valence-electron chi connectivity index (χ3n) is 4.99. The molecule has 0 saturated carbocycles. The molecule has 0 bridgehead atoms. The van der Waals surface area contributed by atoms with E-state index in [1.54, 1.807) is 36.3 Å².